The molecule has 8 heteroatoms. The van der Waals surface area contributed by atoms with Gasteiger partial charge in [-0.05, 0) is 62.2 Å². The maximum atomic E-state index is 13.3. The Bertz CT molecular complexity index is 1420. The third-order valence-electron chi connectivity index (χ3n) is 5.45. The van der Waals surface area contributed by atoms with Crippen LogP contribution in [0.5, 0.6) is 0 Å². The summed E-state index contributed by atoms with van der Waals surface area (Å²) in [6, 6.07) is 17.5. The maximum Gasteiger partial charge on any atom is 0.295 e. The number of aryl methyl sites for hydroxylation is 1. The van der Waals surface area contributed by atoms with E-state index in [1.165, 1.54) is 0 Å². The van der Waals surface area contributed by atoms with E-state index in [4.69, 9.17) is 4.42 Å². The van der Waals surface area contributed by atoms with Crippen molar-refractivity contribution in [1.82, 2.24) is 24.9 Å². The van der Waals surface area contributed by atoms with Crippen LogP contribution in [-0.2, 0) is 0 Å². The lowest BCUT2D eigenvalue weighted by Crippen LogP contribution is -2.34. The molecule has 0 saturated carbocycles. The minimum absolute atomic E-state index is 0.0770. The number of oxazole rings is 1. The molecule has 0 radical (unpaired) electrons. The number of amides is 1. The van der Waals surface area contributed by atoms with Gasteiger partial charge in [-0.1, -0.05) is 18.2 Å². The Morgan fingerprint density at radius 1 is 1.15 bits per heavy atom. The molecule has 1 aromatic carbocycles. The number of nitrogens with one attached hydrogen (secondary N) is 2. The largest absolute Gasteiger partial charge is 0.424 e. The van der Waals surface area contributed by atoms with Crippen LogP contribution in [0.15, 0.2) is 71.4 Å². The Hall–Kier alpha value is -4.20. The standard InChI is InChI=1S/C25H24N6O2/c1-16-9-10-21-19(15-16)29-25(33-21)27-13-11-17(2)28-24(32)22-20-8-4-6-14-31(20)30-23(22)18-7-3-5-12-26-18/h3-10,12,14-15,17H,11,13H2,1-2H3,(H,27,29)(H,28,32)/t17-/m1/s1. The molecule has 8 nitrogen and oxygen atoms in total. The van der Waals surface area contributed by atoms with Gasteiger partial charge < -0.3 is 15.1 Å². The number of anilines is 1. The van der Waals surface area contributed by atoms with Gasteiger partial charge in [-0.25, -0.2) is 4.52 Å². The minimum Gasteiger partial charge on any atom is -0.424 e. The molecule has 0 aliphatic heterocycles. The highest BCUT2D eigenvalue weighted by molar-refractivity contribution is 6.06. The van der Waals surface area contributed by atoms with Crippen LogP contribution >= 0.6 is 0 Å². The molecular formula is C25H24N6O2. The van der Waals surface area contributed by atoms with Crippen LogP contribution in [0.2, 0.25) is 0 Å². The molecule has 4 heterocycles. The topological polar surface area (TPSA) is 97.3 Å². The van der Waals surface area contributed by atoms with Gasteiger partial charge in [0.25, 0.3) is 11.9 Å². The van der Waals surface area contributed by atoms with E-state index in [1.54, 1.807) is 10.7 Å². The predicted molar refractivity (Wildman–Crippen MR) is 127 cm³/mol. The molecule has 166 valence electrons. The summed E-state index contributed by atoms with van der Waals surface area (Å²) in [7, 11) is 0. The highest BCUT2D eigenvalue weighted by Crippen LogP contribution is 2.25. The molecule has 0 fully saturated rings. The van der Waals surface area contributed by atoms with Crippen molar-refractivity contribution >= 4 is 28.5 Å². The zero-order valence-electron chi connectivity index (χ0n) is 18.4. The summed E-state index contributed by atoms with van der Waals surface area (Å²) >= 11 is 0. The van der Waals surface area contributed by atoms with Crippen LogP contribution in [0.3, 0.4) is 0 Å². The summed E-state index contributed by atoms with van der Waals surface area (Å²) in [5.74, 6) is -0.179. The van der Waals surface area contributed by atoms with Crippen molar-refractivity contribution < 1.29 is 9.21 Å². The third kappa shape index (κ3) is 4.27. The molecule has 0 spiro atoms. The first-order valence-corrected chi connectivity index (χ1v) is 10.9. The van der Waals surface area contributed by atoms with Gasteiger partial charge in [-0.3, -0.25) is 9.78 Å². The first-order valence-electron chi connectivity index (χ1n) is 10.9. The van der Waals surface area contributed by atoms with Crippen LogP contribution < -0.4 is 10.6 Å². The zero-order chi connectivity index (χ0) is 22.8. The number of fused-ring (bicyclic) bond motifs is 2. The van der Waals surface area contributed by atoms with Crippen molar-refractivity contribution in [3.05, 3.63) is 78.1 Å². The van der Waals surface area contributed by atoms with E-state index in [0.29, 0.717) is 35.9 Å². The lowest BCUT2D eigenvalue weighted by Gasteiger charge is -2.14. The molecule has 0 bridgehead atoms. The molecule has 0 aliphatic carbocycles. The third-order valence-corrected chi connectivity index (χ3v) is 5.45. The second-order valence-electron chi connectivity index (χ2n) is 8.05. The SMILES string of the molecule is Cc1ccc2oc(NCC[C@@H](C)NC(=O)c3c(-c4ccccn4)nn4ccccc34)nc2c1. The summed E-state index contributed by atoms with van der Waals surface area (Å²) in [5.41, 5.74) is 5.19. The normalized spacial score (nSPS) is 12.2. The van der Waals surface area contributed by atoms with E-state index in [9.17, 15) is 4.79 Å². The fourth-order valence-corrected chi connectivity index (χ4v) is 3.78. The molecule has 0 unspecified atom stereocenters. The highest BCUT2D eigenvalue weighted by Gasteiger charge is 2.22. The van der Waals surface area contributed by atoms with E-state index in [-0.39, 0.29) is 11.9 Å². The van der Waals surface area contributed by atoms with Crippen molar-refractivity contribution in [1.29, 1.82) is 0 Å². The molecule has 5 aromatic rings. The van der Waals surface area contributed by atoms with E-state index in [1.807, 2.05) is 74.6 Å². The number of rotatable bonds is 7. The Labute approximate surface area is 190 Å². The summed E-state index contributed by atoms with van der Waals surface area (Å²) in [6.07, 6.45) is 4.22. The summed E-state index contributed by atoms with van der Waals surface area (Å²) in [5, 5.41) is 10.9. The number of hydrogen-bond acceptors (Lipinski definition) is 6. The molecule has 1 amide bonds. The van der Waals surface area contributed by atoms with E-state index >= 15 is 0 Å². The van der Waals surface area contributed by atoms with Gasteiger partial charge in [0, 0.05) is 25.0 Å². The lowest BCUT2D eigenvalue weighted by molar-refractivity contribution is 0.0941. The molecule has 1 atom stereocenters. The average molecular weight is 441 g/mol. The Morgan fingerprint density at radius 2 is 2.03 bits per heavy atom. The second-order valence-corrected chi connectivity index (χ2v) is 8.05. The van der Waals surface area contributed by atoms with Gasteiger partial charge in [0.2, 0.25) is 0 Å². The van der Waals surface area contributed by atoms with Crippen molar-refractivity contribution in [3.63, 3.8) is 0 Å². The number of carbonyl (C=O) groups is 1. The van der Waals surface area contributed by atoms with Crippen LogP contribution in [-0.4, -0.2) is 38.1 Å². The molecule has 2 N–H and O–H groups in total. The highest BCUT2D eigenvalue weighted by atomic mass is 16.4. The summed E-state index contributed by atoms with van der Waals surface area (Å²) in [4.78, 5) is 22.1. The predicted octanol–water partition coefficient (Wildman–Crippen LogP) is 4.47. The summed E-state index contributed by atoms with van der Waals surface area (Å²) in [6.45, 7) is 4.60. The Kier molecular flexibility index (Phi) is 5.48. The van der Waals surface area contributed by atoms with Crippen LogP contribution in [0, 0.1) is 6.92 Å². The van der Waals surface area contributed by atoms with Gasteiger partial charge in [-0.15, -0.1) is 0 Å². The molecule has 33 heavy (non-hydrogen) atoms. The van der Waals surface area contributed by atoms with Crippen LogP contribution in [0.1, 0.15) is 29.3 Å². The maximum absolute atomic E-state index is 13.3. The van der Waals surface area contributed by atoms with E-state index < -0.39 is 0 Å². The van der Waals surface area contributed by atoms with Gasteiger partial charge >= 0.3 is 0 Å². The number of benzene rings is 1. The van der Waals surface area contributed by atoms with Crippen molar-refractivity contribution in [2.24, 2.45) is 0 Å². The van der Waals surface area contributed by atoms with Gasteiger partial charge in [0.05, 0.1) is 16.8 Å². The molecule has 4 aromatic heterocycles. The smallest absolute Gasteiger partial charge is 0.295 e. The first-order chi connectivity index (χ1) is 16.1. The van der Waals surface area contributed by atoms with Gasteiger partial charge in [-0.2, -0.15) is 10.1 Å². The fourth-order valence-electron chi connectivity index (χ4n) is 3.78. The molecular weight excluding hydrogens is 416 g/mol. The van der Waals surface area contributed by atoms with Crippen molar-refractivity contribution in [3.8, 4) is 11.4 Å². The Morgan fingerprint density at radius 3 is 2.88 bits per heavy atom. The number of pyridine rings is 2. The zero-order valence-corrected chi connectivity index (χ0v) is 18.4. The lowest BCUT2D eigenvalue weighted by atomic mass is 10.1. The summed E-state index contributed by atoms with van der Waals surface area (Å²) < 4.78 is 7.44. The number of carbonyl (C=O) groups excluding carboxylic acids is 1. The fraction of sp³-hybridized carbons (Fsp3) is 0.200. The molecule has 0 saturated heterocycles. The molecule has 5 rings (SSSR count). The van der Waals surface area contributed by atoms with Gasteiger partial charge in [0.15, 0.2) is 5.58 Å². The number of nitrogens with zero attached hydrogens (tertiary/aromatic N) is 4. The monoisotopic (exact) mass is 440 g/mol. The van der Waals surface area contributed by atoms with E-state index in [2.05, 4.69) is 25.7 Å². The van der Waals surface area contributed by atoms with Crippen molar-refractivity contribution in [2.75, 3.05) is 11.9 Å². The van der Waals surface area contributed by atoms with Crippen LogP contribution in [0.25, 0.3) is 28.0 Å². The second kappa shape index (κ2) is 8.74. The quantitative estimate of drug-likeness (QED) is 0.388. The number of aromatic nitrogens is 4. The van der Waals surface area contributed by atoms with Crippen LogP contribution in [0.4, 0.5) is 6.01 Å². The van der Waals surface area contributed by atoms with Crippen molar-refractivity contribution in [2.45, 2.75) is 26.3 Å². The Balaban J connectivity index is 1.28. The molecule has 0 aliphatic rings. The van der Waals surface area contributed by atoms with E-state index in [0.717, 1.165) is 22.2 Å². The first kappa shape index (κ1) is 20.7. The van der Waals surface area contributed by atoms with Gasteiger partial charge in [0.1, 0.15) is 11.2 Å². The minimum atomic E-state index is -0.179. The average Bonchev–Trinajstić information content (AvgIpc) is 3.40. The number of hydrogen-bond donors (Lipinski definition) is 2.